The van der Waals surface area contributed by atoms with Gasteiger partial charge in [0.2, 0.25) is 5.71 Å². The summed E-state index contributed by atoms with van der Waals surface area (Å²) >= 11 is 0. The number of fused-ring (bicyclic) bond motifs is 7. The summed E-state index contributed by atoms with van der Waals surface area (Å²) in [4.78, 5) is 14.7. The quantitative estimate of drug-likeness (QED) is 0.123. The molecule has 11 rings (SSSR count). The minimum absolute atomic E-state index is 0. The Balaban J connectivity index is 0.000000296. The zero-order valence-electron chi connectivity index (χ0n) is 41.2. The first-order valence-corrected chi connectivity index (χ1v) is 22.4. The van der Waals surface area contributed by atoms with Gasteiger partial charge in [-0.15, -0.1) is 54.1 Å². The molecule has 0 fully saturated rings. The molecule has 11 aromatic rings. The van der Waals surface area contributed by atoms with E-state index in [0.717, 1.165) is 71.8 Å². The Bertz CT molecular complexity index is 3630. The molecule has 0 unspecified atom stereocenters. The van der Waals surface area contributed by atoms with E-state index in [9.17, 15) is 0 Å². The maximum Gasteiger partial charge on any atom is 0.216 e. The van der Waals surface area contributed by atoms with Gasteiger partial charge in [-0.05, 0) is 99.4 Å². The van der Waals surface area contributed by atoms with Crippen molar-refractivity contribution < 1.29 is 28.6 Å². The molecule has 0 saturated heterocycles. The number of para-hydroxylation sites is 2. The van der Waals surface area contributed by atoms with E-state index in [4.69, 9.17) is 18.5 Å². The number of hydrogen-bond donors (Lipinski definition) is 0. The molecule has 4 heterocycles. The van der Waals surface area contributed by atoms with E-state index in [1.807, 2.05) is 66.9 Å². The third-order valence-electron chi connectivity index (χ3n) is 12.3. The average Bonchev–Trinajstić information content (AvgIpc) is 3.91. The van der Waals surface area contributed by atoms with Crippen LogP contribution >= 0.6 is 0 Å². The molecule has 6 heteroatoms. The summed E-state index contributed by atoms with van der Waals surface area (Å²) in [7, 11) is 0. The van der Waals surface area contributed by atoms with Crippen molar-refractivity contribution >= 4 is 54.8 Å². The van der Waals surface area contributed by atoms with E-state index >= 15 is 0 Å². The molecule has 5 nitrogen and oxygen atoms in total. The van der Waals surface area contributed by atoms with Gasteiger partial charge in [0.15, 0.2) is 0 Å². The summed E-state index contributed by atoms with van der Waals surface area (Å²) in [5.74, 6) is 1.23. The average molecular weight is 1040 g/mol. The van der Waals surface area contributed by atoms with Crippen LogP contribution in [0.15, 0.2) is 162 Å². The van der Waals surface area contributed by atoms with E-state index in [-0.39, 0.29) is 37.4 Å². The number of benzene rings is 7. The minimum atomic E-state index is -2.18. The first-order valence-electron chi connectivity index (χ1n) is 23.9. The Labute approximate surface area is 405 Å². The number of furan rings is 1. The molecular formula is C60H52IrN4O-2. The van der Waals surface area contributed by atoms with Crippen molar-refractivity contribution in [1.29, 1.82) is 0 Å². The number of aryl methyl sites for hydroxylation is 1. The van der Waals surface area contributed by atoms with Crippen LogP contribution in [0.3, 0.4) is 0 Å². The largest absolute Gasteiger partial charge is 0.486 e. The Morgan fingerprint density at radius 1 is 0.652 bits per heavy atom. The monoisotopic (exact) mass is 1040 g/mol. The van der Waals surface area contributed by atoms with Gasteiger partial charge in [-0.3, -0.25) is 4.98 Å². The minimum Gasteiger partial charge on any atom is -0.486 e. The molecule has 0 bridgehead atoms. The molecule has 0 atom stereocenters. The summed E-state index contributed by atoms with van der Waals surface area (Å²) in [6.07, 6.45) is 1.87. The van der Waals surface area contributed by atoms with Crippen LogP contribution in [0, 0.1) is 19.0 Å². The zero-order valence-corrected chi connectivity index (χ0v) is 40.6. The Kier molecular flexibility index (Phi) is 11.1. The molecule has 0 aliphatic heterocycles. The summed E-state index contributed by atoms with van der Waals surface area (Å²) in [5, 5.41) is 4.49. The maximum absolute atomic E-state index is 7.88. The van der Waals surface area contributed by atoms with Gasteiger partial charge in [-0.1, -0.05) is 144 Å². The number of rotatable bonds is 6. The van der Waals surface area contributed by atoms with Gasteiger partial charge in [-0.25, -0.2) is 4.98 Å². The number of hydrogen-bond acceptors (Lipinski definition) is 4. The van der Waals surface area contributed by atoms with E-state index in [1.54, 1.807) is 12.1 Å². The molecule has 0 spiro atoms. The van der Waals surface area contributed by atoms with Crippen molar-refractivity contribution in [2.24, 2.45) is 0 Å². The molecule has 0 amide bonds. The summed E-state index contributed by atoms with van der Waals surface area (Å²) in [6.45, 7) is 13.5. The SMILES string of the molecule is CC(C)(C)c1ccnc(-c2[c-]cccc2)c1.[2H]C([2H])([2H])c1ccc2c(ccc3cc4c(nc32)oc2c(-c3nc5ccccc5n3-c3c(C(C)C)cc(-c5ccccc5)cc3C(C)C)[c-]ccc24)c1.[Ir]. The fourth-order valence-electron chi connectivity index (χ4n) is 8.92. The van der Waals surface area contributed by atoms with Crippen molar-refractivity contribution in [3.63, 3.8) is 0 Å². The standard InChI is InChI=1S/C45H36N3O.C15H16N.Ir/c1-26(2)36-24-32(29-12-7-6-8-13-29)25-37(27(3)4)42(36)48-40-17-10-9-16-39(40)46-44(48)35-15-11-14-34-38-23-31-20-19-30-22-28(5)18-21-33(30)41(31)47-45(38)49-43(34)35;1-15(2,3)13-9-10-16-14(11-13)12-7-5-4-6-8-12;/h6-14,16-27H,1-5H3;4-7,9-11H,1-3H3;/q2*-1;/i5D3;;. The summed E-state index contributed by atoms with van der Waals surface area (Å²) < 4.78 is 32.7. The van der Waals surface area contributed by atoms with Crippen LogP contribution in [0.1, 0.15) is 86.7 Å². The molecule has 7 aromatic carbocycles. The van der Waals surface area contributed by atoms with Crippen molar-refractivity contribution in [3.8, 4) is 39.5 Å². The molecule has 66 heavy (non-hydrogen) atoms. The third-order valence-corrected chi connectivity index (χ3v) is 12.3. The topological polar surface area (TPSA) is 56.7 Å². The second-order valence-electron chi connectivity index (χ2n) is 18.5. The Morgan fingerprint density at radius 3 is 2.12 bits per heavy atom. The van der Waals surface area contributed by atoms with Crippen molar-refractivity contribution in [2.75, 3.05) is 0 Å². The predicted octanol–water partition coefficient (Wildman–Crippen LogP) is 16.2. The molecule has 1 radical (unpaired) electrons. The van der Waals surface area contributed by atoms with Crippen LogP contribution in [-0.2, 0) is 25.5 Å². The van der Waals surface area contributed by atoms with Crippen molar-refractivity contribution in [2.45, 2.75) is 72.6 Å². The predicted molar refractivity (Wildman–Crippen MR) is 271 cm³/mol. The molecular weight excluding hydrogens is 985 g/mol. The van der Waals surface area contributed by atoms with Gasteiger partial charge in [0.05, 0.1) is 28.0 Å². The number of nitrogens with zero attached hydrogens (tertiary/aromatic N) is 4. The molecule has 0 N–H and O–H groups in total. The Morgan fingerprint density at radius 2 is 1.39 bits per heavy atom. The van der Waals surface area contributed by atoms with E-state index in [0.29, 0.717) is 16.9 Å². The van der Waals surface area contributed by atoms with Crippen LogP contribution in [0.25, 0.3) is 94.2 Å². The van der Waals surface area contributed by atoms with Crippen LogP contribution in [0.5, 0.6) is 0 Å². The smallest absolute Gasteiger partial charge is 0.216 e. The van der Waals surface area contributed by atoms with Gasteiger partial charge < -0.3 is 14.0 Å². The van der Waals surface area contributed by atoms with Gasteiger partial charge in [0, 0.05) is 52.3 Å². The van der Waals surface area contributed by atoms with Gasteiger partial charge in [0.1, 0.15) is 0 Å². The van der Waals surface area contributed by atoms with Gasteiger partial charge in [-0.2, -0.15) is 0 Å². The first kappa shape index (κ1) is 40.8. The number of pyridine rings is 2. The molecule has 4 aromatic heterocycles. The number of aromatic nitrogens is 4. The normalized spacial score (nSPS) is 12.7. The zero-order chi connectivity index (χ0) is 47.5. The van der Waals surface area contributed by atoms with E-state index < -0.39 is 6.85 Å². The number of imidazole rings is 1. The molecule has 329 valence electrons. The second-order valence-corrected chi connectivity index (χ2v) is 18.5. The maximum atomic E-state index is 7.88. The van der Waals surface area contributed by atoms with Crippen LogP contribution < -0.4 is 0 Å². The summed E-state index contributed by atoms with van der Waals surface area (Å²) in [6, 6.07) is 57.8. The summed E-state index contributed by atoms with van der Waals surface area (Å²) in [5.41, 5.74) is 14.5. The first-order chi connectivity index (χ1) is 32.6. The van der Waals surface area contributed by atoms with Gasteiger partial charge in [0.25, 0.3) is 0 Å². The van der Waals surface area contributed by atoms with E-state index in [2.05, 4.69) is 149 Å². The van der Waals surface area contributed by atoms with E-state index in [1.165, 1.54) is 27.8 Å². The molecule has 0 saturated carbocycles. The second kappa shape index (κ2) is 17.9. The van der Waals surface area contributed by atoms with Crippen LogP contribution in [0.4, 0.5) is 0 Å². The van der Waals surface area contributed by atoms with Gasteiger partial charge >= 0.3 is 0 Å². The Hall–Kier alpha value is -6.72. The third kappa shape index (κ3) is 8.25. The van der Waals surface area contributed by atoms with Crippen molar-refractivity contribution in [1.82, 2.24) is 19.5 Å². The molecule has 0 aliphatic rings. The van der Waals surface area contributed by atoms with Crippen molar-refractivity contribution in [3.05, 3.63) is 192 Å². The van der Waals surface area contributed by atoms with Crippen LogP contribution in [0.2, 0.25) is 0 Å². The van der Waals surface area contributed by atoms with Crippen LogP contribution in [-0.4, -0.2) is 19.5 Å². The fourth-order valence-corrected chi connectivity index (χ4v) is 8.92. The fraction of sp³-hybridized carbons (Fsp3) is 0.183. The molecule has 0 aliphatic carbocycles.